The van der Waals surface area contributed by atoms with E-state index >= 15 is 0 Å². The van der Waals surface area contributed by atoms with Gasteiger partial charge in [-0.2, -0.15) is 0 Å². The molecular weight excluding hydrogens is 212 g/mol. The highest BCUT2D eigenvalue weighted by Gasteiger charge is 2.37. The van der Waals surface area contributed by atoms with Crippen molar-refractivity contribution in [2.45, 2.75) is 23.1 Å². The molecule has 1 atom stereocenters. The summed E-state index contributed by atoms with van der Waals surface area (Å²) in [6, 6.07) is 1.81. The monoisotopic (exact) mass is 224 g/mol. The Morgan fingerprint density at radius 1 is 1.67 bits per heavy atom. The Balaban J connectivity index is 2.04. The van der Waals surface area contributed by atoms with E-state index < -0.39 is 0 Å². The Hall–Kier alpha value is -1.10. The summed E-state index contributed by atoms with van der Waals surface area (Å²) in [5, 5.41) is 0.720. The largest absolute Gasteiger partial charge is 0.468 e. The summed E-state index contributed by atoms with van der Waals surface area (Å²) < 4.78 is 4.78. The molecule has 5 heteroatoms. The van der Waals surface area contributed by atoms with Crippen molar-refractivity contribution in [1.82, 2.24) is 9.97 Å². The van der Waals surface area contributed by atoms with Gasteiger partial charge in [0, 0.05) is 6.20 Å². The molecule has 0 spiro atoms. The number of ether oxygens (including phenoxy) is 1. The number of rotatable bonds is 4. The number of nitrogens with zero attached hydrogens (tertiary/aromatic N) is 2. The molecule has 15 heavy (non-hydrogen) atoms. The van der Waals surface area contributed by atoms with Crippen molar-refractivity contribution < 1.29 is 9.53 Å². The summed E-state index contributed by atoms with van der Waals surface area (Å²) in [5.74, 6) is 0.304. The van der Waals surface area contributed by atoms with Crippen molar-refractivity contribution in [3.05, 3.63) is 18.6 Å². The minimum Gasteiger partial charge on any atom is -0.468 e. The smallest absolute Gasteiger partial charge is 0.319 e. The normalized spacial score (nSPS) is 17.1. The van der Waals surface area contributed by atoms with Crippen molar-refractivity contribution in [2.75, 3.05) is 7.11 Å². The zero-order valence-corrected chi connectivity index (χ0v) is 9.24. The van der Waals surface area contributed by atoms with E-state index in [0.29, 0.717) is 5.92 Å². The molecule has 1 aliphatic carbocycles. The van der Waals surface area contributed by atoms with Crippen molar-refractivity contribution >= 4 is 17.7 Å². The Morgan fingerprint density at radius 3 is 3.00 bits per heavy atom. The molecule has 1 aromatic heterocycles. The predicted molar refractivity (Wildman–Crippen MR) is 56.4 cm³/mol. The third-order valence-corrected chi connectivity index (χ3v) is 3.60. The van der Waals surface area contributed by atoms with Gasteiger partial charge in [0.25, 0.3) is 0 Å². The van der Waals surface area contributed by atoms with E-state index in [2.05, 4.69) is 9.97 Å². The lowest BCUT2D eigenvalue weighted by atomic mass is 10.3. The lowest BCUT2D eigenvalue weighted by Crippen LogP contribution is -2.20. The summed E-state index contributed by atoms with van der Waals surface area (Å²) >= 11 is 1.47. The molecule has 1 unspecified atom stereocenters. The maximum atomic E-state index is 11.5. The van der Waals surface area contributed by atoms with Gasteiger partial charge in [-0.15, -0.1) is 0 Å². The minimum atomic E-state index is -0.152. The van der Waals surface area contributed by atoms with Gasteiger partial charge in [-0.05, 0) is 24.8 Å². The number of hydrogen-bond donors (Lipinski definition) is 0. The average molecular weight is 224 g/mol. The van der Waals surface area contributed by atoms with Crippen molar-refractivity contribution in [2.24, 2.45) is 5.92 Å². The molecule has 1 aromatic rings. The number of thioether (sulfide) groups is 1. The molecule has 1 fully saturated rings. The maximum absolute atomic E-state index is 11.5. The highest BCUT2D eigenvalue weighted by atomic mass is 32.2. The molecule has 0 N–H and O–H groups in total. The first kappa shape index (κ1) is 10.4. The molecule has 2 rings (SSSR count). The Kier molecular flexibility index (Phi) is 3.20. The fourth-order valence-corrected chi connectivity index (χ4v) is 2.49. The van der Waals surface area contributed by atoms with Crippen LogP contribution in [0.5, 0.6) is 0 Å². The van der Waals surface area contributed by atoms with E-state index in [4.69, 9.17) is 4.74 Å². The second kappa shape index (κ2) is 4.61. The fourth-order valence-electron chi connectivity index (χ4n) is 1.33. The van der Waals surface area contributed by atoms with Crippen LogP contribution >= 0.6 is 11.8 Å². The number of aromatic nitrogens is 2. The molecule has 0 bridgehead atoms. The van der Waals surface area contributed by atoms with E-state index in [0.717, 1.165) is 17.9 Å². The van der Waals surface area contributed by atoms with Crippen molar-refractivity contribution in [3.8, 4) is 0 Å². The van der Waals surface area contributed by atoms with Crippen LogP contribution in [0.2, 0.25) is 0 Å². The number of carbonyl (C=O) groups is 1. The van der Waals surface area contributed by atoms with E-state index in [9.17, 15) is 4.79 Å². The molecule has 80 valence electrons. The first-order chi connectivity index (χ1) is 7.31. The standard InChI is InChI=1S/C10H12N2O2S/c1-14-10(13)9(7-2-3-7)15-8-4-5-11-6-12-8/h4-7,9H,2-3H2,1H3. The third kappa shape index (κ3) is 2.68. The minimum absolute atomic E-state index is 0.107. The number of carbonyl (C=O) groups excluding carboxylic acids is 1. The predicted octanol–water partition coefficient (Wildman–Crippen LogP) is 1.52. The molecular formula is C10H12N2O2S. The van der Waals surface area contributed by atoms with E-state index in [1.807, 2.05) is 6.07 Å². The third-order valence-electron chi connectivity index (χ3n) is 2.29. The van der Waals surface area contributed by atoms with Crippen LogP contribution in [0, 0.1) is 5.92 Å². The number of hydrogen-bond acceptors (Lipinski definition) is 5. The Bertz CT molecular complexity index is 341. The summed E-state index contributed by atoms with van der Waals surface area (Å²) in [4.78, 5) is 19.4. The van der Waals surface area contributed by atoms with Crippen LogP contribution in [0.25, 0.3) is 0 Å². The zero-order valence-electron chi connectivity index (χ0n) is 8.42. The Labute approximate surface area is 92.5 Å². The zero-order chi connectivity index (χ0) is 10.7. The first-order valence-electron chi connectivity index (χ1n) is 4.82. The molecule has 4 nitrogen and oxygen atoms in total. The summed E-state index contributed by atoms with van der Waals surface area (Å²) in [6.45, 7) is 0. The average Bonchev–Trinajstić information content (AvgIpc) is 3.10. The molecule has 1 heterocycles. The van der Waals surface area contributed by atoms with Gasteiger partial charge in [-0.1, -0.05) is 11.8 Å². The summed E-state index contributed by atoms with van der Waals surface area (Å²) in [5.41, 5.74) is 0. The van der Waals surface area contributed by atoms with Crippen LogP contribution in [-0.4, -0.2) is 28.3 Å². The molecule has 1 aliphatic rings. The topological polar surface area (TPSA) is 52.1 Å². The summed E-state index contributed by atoms with van der Waals surface area (Å²) in [7, 11) is 1.43. The highest BCUT2D eigenvalue weighted by Crippen LogP contribution is 2.41. The highest BCUT2D eigenvalue weighted by molar-refractivity contribution is 8.00. The van der Waals surface area contributed by atoms with Crippen molar-refractivity contribution in [1.29, 1.82) is 0 Å². The van der Waals surface area contributed by atoms with E-state index in [1.165, 1.54) is 25.2 Å². The second-order valence-corrected chi connectivity index (χ2v) is 4.61. The number of methoxy groups -OCH3 is 1. The van der Waals surface area contributed by atoms with Gasteiger partial charge >= 0.3 is 5.97 Å². The first-order valence-corrected chi connectivity index (χ1v) is 5.69. The van der Waals surface area contributed by atoms with Gasteiger partial charge < -0.3 is 4.74 Å². The fraction of sp³-hybridized carbons (Fsp3) is 0.500. The van der Waals surface area contributed by atoms with E-state index in [-0.39, 0.29) is 11.2 Å². The molecule has 0 radical (unpaired) electrons. The van der Waals surface area contributed by atoms with Crippen molar-refractivity contribution in [3.63, 3.8) is 0 Å². The van der Waals surface area contributed by atoms with Gasteiger partial charge in [-0.25, -0.2) is 9.97 Å². The summed E-state index contributed by atoms with van der Waals surface area (Å²) in [6.07, 6.45) is 5.38. The van der Waals surface area contributed by atoms with E-state index in [1.54, 1.807) is 6.20 Å². The Morgan fingerprint density at radius 2 is 2.47 bits per heavy atom. The lowest BCUT2D eigenvalue weighted by Gasteiger charge is -2.11. The quantitative estimate of drug-likeness (QED) is 0.441. The molecule has 0 aliphatic heterocycles. The van der Waals surface area contributed by atoms with Gasteiger partial charge in [0.2, 0.25) is 0 Å². The van der Waals surface area contributed by atoms with Crippen LogP contribution in [0.3, 0.4) is 0 Å². The van der Waals surface area contributed by atoms with Crippen LogP contribution in [0.4, 0.5) is 0 Å². The van der Waals surface area contributed by atoms with Gasteiger partial charge in [0.15, 0.2) is 0 Å². The lowest BCUT2D eigenvalue weighted by molar-refractivity contribution is -0.140. The number of esters is 1. The van der Waals surface area contributed by atoms with Crippen LogP contribution in [-0.2, 0) is 9.53 Å². The van der Waals surface area contributed by atoms with Crippen LogP contribution in [0.15, 0.2) is 23.6 Å². The van der Waals surface area contributed by atoms with Gasteiger partial charge in [0.1, 0.15) is 16.6 Å². The second-order valence-electron chi connectivity index (χ2n) is 3.45. The van der Waals surface area contributed by atoms with Crippen LogP contribution in [0.1, 0.15) is 12.8 Å². The molecule has 0 aromatic carbocycles. The van der Waals surface area contributed by atoms with Crippen LogP contribution < -0.4 is 0 Å². The molecule has 1 saturated carbocycles. The van der Waals surface area contributed by atoms with Gasteiger partial charge in [0.05, 0.1) is 7.11 Å². The SMILES string of the molecule is COC(=O)C(Sc1ccncn1)C1CC1. The maximum Gasteiger partial charge on any atom is 0.319 e. The molecule has 0 amide bonds. The molecule has 0 saturated heterocycles. The van der Waals surface area contributed by atoms with Gasteiger partial charge in [-0.3, -0.25) is 4.79 Å².